The molecule has 5 nitrogen and oxygen atoms in total. The van der Waals surface area contributed by atoms with E-state index in [-0.39, 0.29) is 24.4 Å². The van der Waals surface area contributed by atoms with Crippen LogP contribution in [0.25, 0.3) is 10.6 Å². The summed E-state index contributed by atoms with van der Waals surface area (Å²) in [6.45, 7) is 5.84. The molecule has 2 aromatic heterocycles. The third kappa shape index (κ3) is 5.03. The van der Waals surface area contributed by atoms with Crippen molar-refractivity contribution < 1.29 is 4.79 Å². The van der Waals surface area contributed by atoms with Gasteiger partial charge in [-0.2, -0.15) is 0 Å². The Morgan fingerprint density at radius 2 is 2.14 bits per heavy atom. The molecule has 3 N–H and O–H groups in total. The molecule has 1 atom stereocenters. The molecule has 1 unspecified atom stereocenters. The summed E-state index contributed by atoms with van der Waals surface area (Å²) in [5.74, 6) is -0.0413. The summed E-state index contributed by atoms with van der Waals surface area (Å²) in [4.78, 5) is 21.6. The average molecular weight is 347 g/mol. The normalized spacial score (nSPS) is 11.8. The second kappa shape index (κ2) is 7.84. The molecule has 0 fully saturated rings. The fraction of sp³-hybridized carbons (Fsp3) is 0.462. The number of nitrogens with zero attached hydrogens (tertiary/aromatic N) is 2. The van der Waals surface area contributed by atoms with Gasteiger partial charge in [0.05, 0.1) is 21.3 Å². The van der Waals surface area contributed by atoms with Gasteiger partial charge in [0, 0.05) is 17.8 Å². The Hall–Kier alpha value is -1.02. The first kappa shape index (κ1) is 18.0. The van der Waals surface area contributed by atoms with Crippen molar-refractivity contribution in [2.75, 3.05) is 5.32 Å². The van der Waals surface area contributed by atoms with Crippen LogP contribution in [0.3, 0.4) is 0 Å². The van der Waals surface area contributed by atoms with Crippen molar-refractivity contribution >= 4 is 46.1 Å². The smallest absolute Gasteiger partial charge is 0.226 e. The van der Waals surface area contributed by atoms with E-state index in [0.29, 0.717) is 18.0 Å². The van der Waals surface area contributed by atoms with E-state index in [1.165, 1.54) is 11.3 Å². The standard InChI is InChI=1S/C13H18N4OS2.ClH/c1-7(14)4-5-11(18)17-13-16-10(6-19-13)12-8(2)15-9(3)20-12;/h6-7H,4-5,14H2,1-3H3,(H,16,17,18);1H. The molecule has 116 valence electrons. The van der Waals surface area contributed by atoms with Crippen LogP contribution >= 0.6 is 35.1 Å². The van der Waals surface area contributed by atoms with E-state index in [1.807, 2.05) is 26.2 Å². The largest absolute Gasteiger partial charge is 0.328 e. The Kier molecular flexibility index (Phi) is 6.73. The van der Waals surface area contributed by atoms with Gasteiger partial charge in [-0.3, -0.25) is 4.79 Å². The molecule has 1 amide bonds. The maximum atomic E-state index is 11.7. The number of aryl methyl sites for hydroxylation is 2. The molecule has 0 bridgehead atoms. The first-order valence-electron chi connectivity index (χ1n) is 6.41. The van der Waals surface area contributed by atoms with Crippen molar-refractivity contribution in [1.29, 1.82) is 0 Å². The molecule has 0 saturated carbocycles. The van der Waals surface area contributed by atoms with Gasteiger partial charge in [0.1, 0.15) is 0 Å². The SMILES string of the molecule is Cc1nc(C)c(-c2csc(NC(=O)CCC(C)N)n2)s1.Cl. The van der Waals surface area contributed by atoms with Gasteiger partial charge in [0.2, 0.25) is 5.91 Å². The molecule has 0 spiro atoms. The van der Waals surface area contributed by atoms with Crippen molar-refractivity contribution in [3.8, 4) is 10.6 Å². The number of aromatic nitrogens is 2. The van der Waals surface area contributed by atoms with Crippen LogP contribution in [0.4, 0.5) is 5.13 Å². The molecule has 2 aromatic rings. The minimum Gasteiger partial charge on any atom is -0.328 e. The van der Waals surface area contributed by atoms with Crippen LogP contribution < -0.4 is 11.1 Å². The average Bonchev–Trinajstić information content (AvgIpc) is 2.93. The zero-order chi connectivity index (χ0) is 14.7. The second-order valence-electron chi connectivity index (χ2n) is 4.75. The highest BCUT2D eigenvalue weighted by Gasteiger charge is 2.13. The highest BCUT2D eigenvalue weighted by Crippen LogP contribution is 2.31. The number of halogens is 1. The number of carbonyl (C=O) groups excluding carboxylic acids is 1. The van der Waals surface area contributed by atoms with E-state index in [1.54, 1.807) is 11.3 Å². The van der Waals surface area contributed by atoms with Crippen LogP contribution in [0.1, 0.15) is 30.5 Å². The third-order valence-electron chi connectivity index (χ3n) is 2.71. The number of rotatable bonds is 5. The quantitative estimate of drug-likeness (QED) is 0.869. The van der Waals surface area contributed by atoms with Gasteiger partial charge in [-0.05, 0) is 27.2 Å². The second-order valence-corrected chi connectivity index (χ2v) is 6.81. The van der Waals surface area contributed by atoms with E-state index >= 15 is 0 Å². The van der Waals surface area contributed by atoms with E-state index in [4.69, 9.17) is 5.73 Å². The summed E-state index contributed by atoms with van der Waals surface area (Å²) in [5, 5.41) is 6.40. The van der Waals surface area contributed by atoms with Gasteiger partial charge in [0.25, 0.3) is 0 Å². The molecule has 0 radical (unpaired) electrons. The van der Waals surface area contributed by atoms with E-state index in [9.17, 15) is 4.79 Å². The number of carbonyl (C=O) groups is 1. The lowest BCUT2D eigenvalue weighted by atomic mass is 10.2. The first-order chi connectivity index (χ1) is 9.45. The van der Waals surface area contributed by atoms with Crippen molar-refractivity contribution in [2.45, 2.75) is 39.7 Å². The third-order valence-corrected chi connectivity index (χ3v) is 4.57. The van der Waals surface area contributed by atoms with Gasteiger partial charge < -0.3 is 11.1 Å². The van der Waals surface area contributed by atoms with Crippen LogP contribution in [0.15, 0.2) is 5.38 Å². The Morgan fingerprint density at radius 1 is 1.43 bits per heavy atom. The van der Waals surface area contributed by atoms with Gasteiger partial charge in [-0.25, -0.2) is 9.97 Å². The number of nitrogens with one attached hydrogen (secondary N) is 1. The summed E-state index contributed by atoms with van der Waals surface area (Å²) in [7, 11) is 0. The topological polar surface area (TPSA) is 80.9 Å². The molecule has 2 rings (SSSR count). The lowest BCUT2D eigenvalue weighted by Gasteiger charge is -2.04. The molecule has 0 aliphatic heterocycles. The number of hydrogen-bond acceptors (Lipinski definition) is 6. The van der Waals surface area contributed by atoms with Gasteiger partial charge in [-0.15, -0.1) is 35.1 Å². The van der Waals surface area contributed by atoms with Crippen molar-refractivity contribution in [1.82, 2.24) is 9.97 Å². The minimum atomic E-state index is -0.0413. The number of hydrogen-bond donors (Lipinski definition) is 2. The van der Waals surface area contributed by atoms with E-state index in [2.05, 4.69) is 15.3 Å². The summed E-state index contributed by atoms with van der Waals surface area (Å²) >= 11 is 3.05. The van der Waals surface area contributed by atoms with Gasteiger partial charge in [0.15, 0.2) is 5.13 Å². The maximum absolute atomic E-state index is 11.7. The van der Waals surface area contributed by atoms with Gasteiger partial charge in [-0.1, -0.05) is 0 Å². The number of thiazole rings is 2. The molecule has 0 aliphatic rings. The first-order valence-corrected chi connectivity index (χ1v) is 8.10. The monoisotopic (exact) mass is 346 g/mol. The highest BCUT2D eigenvalue weighted by molar-refractivity contribution is 7.16. The number of nitrogens with two attached hydrogens (primary N) is 1. The molecule has 8 heteroatoms. The molecule has 21 heavy (non-hydrogen) atoms. The summed E-state index contributed by atoms with van der Waals surface area (Å²) in [5.41, 5.74) is 7.49. The zero-order valence-corrected chi connectivity index (χ0v) is 14.6. The van der Waals surface area contributed by atoms with Gasteiger partial charge >= 0.3 is 0 Å². The minimum absolute atomic E-state index is 0. The molecule has 0 aromatic carbocycles. The van der Waals surface area contributed by atoms with Crippen LogP contribution in [-0.2, 0) is 4.79 Å². The fourth-order valence-corrected chi connectivity index (χ4v) is 3.42. The van der Waals surface area contributed by atoms with Crippen LogP contribution in [-0.4, -0.2) is 21.9 Å². The van der Waals surface area contributed by atoms with E-state index < -0.39 is 0 Å². The zero-order valence-electron chi connectivity index (χ0n) is 12.2. The Morgan fingerprint density at radius 3 is 2.71 bits per heavy atom. The Bertz CT molecular complexity index is 609. The molecular formula is C13H19ClN4OS2. The maximum Gasteiger partial charge on any atom is 0.226 e. The molecule has 0 aliphatic carbocycles. The Labute approximate surface area is 138 Å². The number of anilines is 1. The van der Waals surface area contributed by atoms with Crippen molar-refractivity contribution in [2.24, 2.45) is 5.73 Å². The molecule has 2 heterocycles. The highest BCUT2D eigenvalue weighted by atomic mass is 35.5. The summed E-state index contributed by atoms with van der Waals surface area (Å²) < 4.78 is 0. The van der Waals surface area contributed by atoms with Crippen LogP contribution in [0, 0.1) is 13.8 Å². The number of amides is 1. The lowest BCUT2D eigenvalue weighted by Crippen LogP contribution is -2.19. The van der Waals surface area contributed by atoms with E-state index in [0.717, 1.165) is 21.3 Å². The predicted molar refractivity (Wildman–Crippen MR) is 91.5 cm³/mol. The van der Waals surface area contributed by atoms with Crippen LogP contribution in [0.5, 0.6) is 0 Å². The predicted octanol–water partition coefficient (Wildman–Crippen LogP) is 3.37. The Balaban J connectivity index is 0.00000220. The van der Waals surface area contributed by atoms with Crippen molar-refractivity contribution in [3.05, 3.63) is 16.1 Å². The summed E-state index contributed by atoms with van der Waals surface area (Å²) in [6.07, 6.45) is 1.10. The summed E-state index contributed by atoms with van der Waals surface area (Å²) in [6, 6.07) is 0.0374. The lowest BCUT2D eigenvalue weighted by molar-refractivity contribution is -0.116. The molecular weight excluding hydrogens is 328 g/mol. The molecule has 0 saturated heterocycles. The fourth-order valence-electron chi connectivity index (χ4n) is 1.74. The van der Waals surface area contributed by atoms with Crippen molar-refractivity contribution in [3.63, 3.8) is 0 Å². The van der Waals surface area contributed by atoms with Crippen LogP contribution in [0.2, 0.25) is 0 Å².